The summed E-state index contributed by atoms with van der Waals surface area (Å²) in [4.78, 5) is 28.0. The van der Waals surface area contributed by atoms with Crippen LogP contribution in [0.1, 0.15) is 46.0 Å². The Morgan fingerprint density at radius 3 is 2.69 bits per heavy atom. The van der Waals surface area contributed by atoms with E-state index >= 15 is 0 Å². The van der Waals surface area contributed by atoms with E-state index < -0.39 is 10.9 Å². The number of hydrogen-bond acceptors (Lipinski definition) is 8. The second-order valence-electron chi connectivity index (χ2n) is 8.35. The molecule has 1 aliphatic carbocycles. The maximum Gasteiger partial charge on any atom is 0.380 e. The van der Waals surface area contributed by atoms with Crippen molar-refractivity contribution in [3.8, 4) is 5.75 Å². The van der Waals surface area contributed by atoms with Gasteiger partial charge in [0.05, 0.1) is 16.3 Å². The highest BCUT2D eigenvalue weighted by Gasteiger charge is 2.29. The number of hydrazone groups is 1. The fourth-order valence-electron chi connectivity index (χ4n) is 4.21. The quantitative estimate of drug-likeness (QED) is 0.171. The molecule has 0 aliphatic heterocycles. The molecule has 176 valence electrons. The van der Waals surface area contributed by atoms with Gasteiger partial charge in [0.2, 0.25) is 5.76 Å². The van der Waals surface area contributed by atoms with Crippen LogP contribution in [0.2, 0.25) is 0 Å². The summed E-state index contributed by atoms with van der Waals surface area (Å²) in [5, 5.41) is 16.2. The standard InChI is InChI=1S/C26H22N4O5/c1-15-9-10-17-5-3-8-22(24(17)27-15)35-26(31)25-16(2)23-20(6-4-7-21(23)34-25)29-28-18-11-13-19(14-12-18)30(32)33/h3,5,8-14,28H,4,6-7H2,1-2H3/b29-20+. The fraction of sp³-hybridized carbons (Fsp3) is 0.192. The van der Waals surface area contributed by atoms with E-state index in [1.807, 2.05) is 38.1 Å². The van der Waals surface area contributed by atoms with Crippen molar-refractivity contribution in [2.24, 2.45) is 5.10 Å². The number of non-ortho nitro benzene ring substituents is 1. The van der Waals surface area contributed by atoms with Gasteiger partial charge >= 0.3 is 5.97 Å². The van der Waals surface area contributed by atoms with Gasteiger partial charge in [0, 0.05) is 40.8 Å². The number of carbonyl (C=O) groups excluding carboxylic acids is 1. The minimum Gasteiger partial charge on any atom is -0.453 e. The van der Waals surface area contributed by atoms with E-state index in [1.165, 1.54) is 12.1 Å². The second-order valence-corrected chi connectivity index (χ2v) is 8.35. The average molecular weight is 470 g/mol. The van der Waals surface area contributed by atoms with Crippen molar-refractivity contribution in [3.05, 3.63) is 93.1 Å². The highest BCUT2D eigenvalue weighted by atomic mass is 16.6. The molecule has 1 aliphatic rings. The molecule has 9 heteroatoms. The molecule has 0 radical (unpaired) electrons. The van der Waals surface area contributed by atoms with Crippen molar-refractivity contribution < 1.29 is 18.9 Å². The summed E-state index contributed by atoms with van der Waals surface area (Å²) in [5.74, 6) is 0.621. The lowest BCUT2D eigenvalue weighted by Crippen LogP contribution is -2.13. The van der Waals surface area contributed by atoms with Gasteiger partial charge in [-0.25, -0.2) is 9.78 Å². The van der Waals surface area contributed by atoms with Crippen molar-refractivity contribution in [3.63, 3.8) is 0 Å². The predicted molar refractivity (Wildman–Crippen MR) is 131 cm³/mol. The van der Waals surface area contributed by atoms with Gasteiger partial charge in [0.25, 0.3) is 5.69 Å². The zero-order valence-electron chi connectivity index (χ0n) is 19.2. The Labute approximate surface area is 200 Å². The van der Waals surface area contributed by atoms with Crippen LogP contribution in [0.5, 0.6) is 5.75 Å². The smallest absolute Gasteiger partial charge is 0.380 e. The number of para-hydroxylation sites is 1. The number of rotatable bonds is 5. The van der Waals surface area contributed by atoms with Gasteiger partial charge in [-0.05, 0) is 51.0 Å². The minimum absolute atomic E-state index is 0.00791. The first-order valence-electron chi connectivity index (χ1n) is 11.2. The van der Waals surface area contributed by atoms with Gasteiger partial charge in [-0.2, -0.15) is 5.10 Å². The number of pyridine rings is 1. The number of aromatic nitrogens is 1. The van der Waals surface area contributed by atoms with E-state index in [0.29, 0.717) is 41.1 Å². The van der Waals surface area contributed by atoms with Crippen LogP contribution in [0.4, 0.5) is 11.4 Å². The van der Waals surface area contributed by atoms with Gasteiger partial charge in [-0.3, -0.25) is 15.5 Å². The molecular formula is C26H22N4O5. The number of esters is 1. The maximum absolute atomic E-state index is 13.1. The van der Waals surface area contributed by atoms with Crippen molar-refractivity contribution in [2.45, 2.75) is 33.1 Å². The normalized spacial score (nSPS) is 14.1. The van der Waals surface area contributed by atoms with Crippen LogP contribution in [-0.4, -0.2) is 21.6 Å². The van der Waals surface area contributed by atoms with E-state index in [1.54, 1.807) is 18.2 Å². The van der Waals surface area contributed by atoms with Gasteiger partial charge in [0.1, 0.15) is 11.3 Å². The number of nitro groups is 1. The Hall–Kier alpha value is -4.53. The zero-order valence-corrected chi connectivity index (χ0v) is 19.2. The lowest BCUT2D eigenvalue weighted by molar-refractivity contribution is -0.384. The maximum atomic E-state index is 13.1. The van der Waals surface area contributed by atoms with Crippen LogP contribution < -0.4 is 10.2 Å². The molecule has 1 N–H and O–H groups in total. The van der Waals surface area contributed by atoms with Crippen molar-refractivity contribution in [1.29, 1.82) is 0 Å². The molecule has 0 fully saturated rings. The molecule has 0 saturated heterocycles. The third kappa shape index (κ3) is 4.35. The summed E-state index contributed by atoms with van der Waals surface area (Å²) in [7, 11) is 0. The van der Waals surface area contributed by atoms with E-state index in [4.69, 9.17) is 9.15 Å². The molecule has 5 rings (SSSR count). The van der Waals surface area contributed by atoms with Crippen LogP contribution in [0, 0.1) is 24.0 Å². The van der Waals surface area contributed by atoms with Gasteiger partial charge in [0.15, 0.2) is 5.75 Å². The SMILES string of the molecule is Cc1ccc2cccc(OC(=O)c3oc4c(c3C)/C(=N/Nc3ccc([N+](=O)[O-])cc3)CCC4)c2n1. The first kappa shape index (κ1) is 22.3. The molecule has 4 aromatic rings. The monoisotopic (exact) mass is 470 g/mol. The van der Waals surface area contributed by atoms with Crippen molar-refractivity contribution >= 4 is 34.0 Å². The number of aryl methyl sites for hydroxylation is 2. The van der Waals surface area contributed by atoms with Gasteiger partial charge in [-0.1, -0.05) is 18.2 Å². The molecule has 0 amide bonds. The highest BCUT2D eigenvalue weighted by molar-refractivity contribution is 6.06. The van der Waals surface area contributed by atoms with Crippen LogP contribution in [0.3, 0.4) is 0 Å². The zero-order chi connectivity index (χ0) is 24.5. The van der Waals surface area contributed by atoms with Crippen LogP contribution >= 0.6 is 0 Å². The molecule has 0 spiro atoms. The minimum atomic E-state index is -0.588. The van der Waals surface area contributed by atoms with Gasteiger partial charge in [-0.15, -0.1) is 0 Å². The first-order valence-corrected chi connectivity index (χ1v) is 11.2. The summed E-state index contributed by atoms with van der Waals surface area (Å²) in [6, 6.07) is 15.3. The Bertz CT molecular complexity index is 1490. The predicted octanol–water partition coefficient (Wildman–Crippen LogP) is 5.72. The van der Waals surface area contributed by atoms with Crippen molar-refractivity contribution in [2.75, 3.05) is 5.43 Å². The molecule has 2 aromatic heterocycles. The van der Waals surface area contributed by atoms with E-state index in [2.05, 4.69) is 15.5 Å². The number of carbonyl (C=O) groups is 1. The van der Waals surface area contributed by atoms with E-state index in [-0.39, 0.29) is 11.4 Å². The molecular weight excluding hydrogens is 448 g/mol. The lowest BCUT2D eigenvalue weighted by Gasteiger charge is -2.13. The molecule has 9 nitrogen and oxygen atoms in total. The van der Waals surface area contributed by atoms with Gasteiger partial charge < -0.3 is 9.15 Å². The summed E-state index contributed by atoms with van der Waals surface area (Å²) in [5.41, 5.74) is 7.24. The summed E-state index contributed by atoms with van der Waals surface area (Å²) < 4.78 is 11.7. The molecule has 2 aromatic carbocycles. The Morgan fingerprint density at radius 2 is 1.91 bits per heavy atom. The first-order chi connectivity index (χ1) is 16.9. The molecule has 2 heterocycles. The number of anilines is 1. The topological polar surface area (TPSA) is 120 Å². The molecule has 0 atom stereocenters. The third-order valence-corrected chi connectivity index (χ3v) is 5.93. The van der Waals surface area contributed by atoms with Crippen molar-refractivity contribution in [1.82, 2.24) is 4.98 Å². The number of nitrogens with zero attached hydrogens (tertiary/aromatic N) is 3. The van der Waals surface area contributed by atoms with Crippen LogP contribution in [0.15, 0.2) is 64.1 Å². The molecule has 0 saturated carbocycles. The fourth-order valence-corrected chi connectivity index (χ4v) is 4.21. The van der Waals surface area contributed by atoms with Crippen LogP contribution in [0.25, 0.3) is 10.9 Å². The number of hydrogen-bond donors (Lipinski definition) is 1. The lowest BCUT2D eigenvalue weighted by atomic mass is 9.93. The Balaban J connectivity index is 1.41. The number of nitrogens with one attached hydrogen (secondary N) is 1. The summed E-state index contributed by atoms with van der Waals surface area (Å²) >= 11 is 0. The summed E-state index contributed by atoms with van der Waals surface area (Å²) in [6.45, 7) is 3.70. The number of fused-ring (bicyclic) bond motifs is 2. The molecule has 35 heavy (non-hydrogen) atoms. The second kappa shape index (κ2) is 9.02. The number of benzene rings is 2. The van der Waals surface area contributed by atoms with Crippen LogP contribution in [-0.2, 0) is 6.42 Å². The average Bonchev–Trinajstić information content (AvgIpc) is 3.20. The summed E-state index contributed by atoms with van der Waals surface area (Å²) in [6.07, 6.45) is 2.21. The number of furan rings is 1. The molecule has 0 unspecified atom stereocenters. The third-order valence-electron chi connectivity index (χ3n) is 5.93. The Kier molecular flexibility index (Phi) is 5.74. The Morgan fingerprint density at radius 1 is 1.11 bits per heavy atom. The number of ether oxygens (including phenoxy) is 1. The van der Waals surface area contributed by atoms with E-state index in [9.17, 15) is 14.9 Å². The highest BCUT2D eigenvalue weighted by Crippen LogP contribution is 2.32. The largest absolute Gasteiger partial charge is 0.453 e. The number of nitro benzene ring substituents is 1. The molecule has 0 bridgehead atoms. The van der Waals surface area contributed by atoms with E-state index in [0.717, 1.165) is 28.8 Å².